The zero-order valence-electron chi connectivity index (χ0n) is 22.2. The van der Waals surface area contributed by atoms with E-state index in [9.17, 15) is 10.2 Å². The summed E-state index contributed by atoms with van der Waals surface area (Å²) >= 11 is 0. The fourth-order valence-electron chi connectivity index (χ4n) is 6.94. The third-order valence-electron chi connectivity index (χ3n) is 9.50. The van der Waals surface area contributed by atoms with Crippen LogP contribution in [0.3, 0.4) is 0 Å². The number of aromatic nitrogens is 1. The van der Waals surface area contributed by atoms with Gasteiger partial charge in [-0.05, 0) is 73.8 Å². The Bertz CT molecular complexity index is 1040. The summed E-state index contributed by atoms with van der Waals surface area (Å²) in [6.45, 7) is 8.83. The summed E-state index contributed by atoms with van der Waals surface area (Å²) in [5.74, 6) is 1.26. The van der Waals surface area contributed by atoms with E-state index in [1.165, 1.54) is 12.8 Å². The zero-order valence-corrected chi connectivity index (χ0v) is 24.6. The van der Waals surface area contributed by atoms with Crippen molar-refractivity contribution in [3.8, 4) is 11.5 Å². The van der Waals surface area contributed by atoms with E-state index < -0.39 is 0 Å². The monoisotopic (exact) mass is 669 g/mol. The van der Waals surface area contributed by atoms with Crippen LogP contribution in [0, 0.1) is 28.7 Å². The van der Waals surface area contributed by atoms with Gasteiger partial charge in [0, 0.05) is 26.0 Å². The number of benzene rings is 2. The Hall–Kier alpha value is -1.52. The SMILES string of the molecule is CCC1(CC)CCCC2CC(CC)(CC)C(O)C2C1O.[Ir].[c-]1ccccc1-c1nc2ccccc2o1. The first-order valence-electron chi connectivity index (χ1n) is 13.6. The van der Waals surface area contributed by atoms with E-state index in [-0.39, 0.29) is 49.1 Å². The fourth-order valence-corrected chi connectivity index (χ4v) is 6.94. The Morgan fingerprint density at radius 3 is 2.17 bits per heavy atom. The Labute approximate surface area is 230 Å². The number of aliphatic hydroxyl groups is 2. The summed E-state index contributed by atoms with van der Waals surface area (Å²) in [7, 11) is 0. The fraction of sp³-hybridized carbons (Fsp3) is 0.581. The molecule has 4 atom stereocenters. The minimum absolute atomic E-state index is 0. The molecule has 0 spiro atoms. The van der Waals surface area contributed by atoms with Gasteiger partial charge in [0.25, 0.3) is 0 Å². The van der Waals surface area contributed by atoms with Crippen LogP contribution < -0.4 is 0 Å². The van der Waals surface area contributed by atoms with Crippen LogP contribution in [0.25, 0.3) is 22.6 Å². The van der Waals surface area contributed by atoms with Gasteiger partial charge in [0.05, 0.1) is 17.7 Å². The second kappa shape index (κ2) is 12.3. The second-order valence-electron chi connectivity index (χ2n) is 10.7. The summed E-state index contributed by atoms with van der Waals surface area (Å²) in [6, 6.07) is 18.5. The molecule has 1 radical (unpaired) electrons. The van der Waals surface area contributed by atoms with Crippen molar-refractivity contribution in [2.24, 2.45) is 22.7 Å². The van der Waals surface area contributed by atoms with Crippen LogP contribution in [0.1, 0.15) is 79.1 Å². The molecule has 3 aromatic rings. The molecule has 2 aliphatic carbocycles. The Kier molecular flexibility index (Phi) is 9.96. The number of oxazole rings is 1. The minimum atomic E-state index is -0.319. The third-order valence-corrected chi connectivity index (χ3v) is 9.50. The first-order valence-corrected chi connectivity index (χ1v) is 13.6. The van der Waals surface area contributed by atoms with Gasteiger partial charge in [-0.2, -0.15) is 0 Å². The van der Waals surface area contributed by atoms with Gasteiger partial charge in [0.2, 0.25) is 0 Å². The first-order chi connectivity index (χ1) is 16.9. The molecule has 2 aromatic carbocycles. The average Bonchev–Trinajstić information content (AvgIpc) is 3.42. The van der Waals surface area contributed by atoms with E-state index in [0.717, 1.165) is 55.2 Å². The van der Waals surface area contributed by atoms with Gasteiger partial charge in [-0.1, -0.05) is 51.8 Å². The molecule has 2 saturated carbocycles. The number of para-hydroxylation sites is 2. The normalized spacial score (nSPS) is 26.3. The molecule has 0 bridgehead atoms. The van der Waals surface area contributed by atoms with Crippen molar-refractivity contribution in [1.82, 2.24) is 4.98 Å². The Morgan fingerprint density at radius 2 is 1.56 bits per heavy atom. The maximum absolute atomic E-state index is 11.1. The van der Waals surface area contributed by atoms with Crippen LogP contribution in [0.2, 0.25) is 0 Å². The van der Waals surface area contributed by atoms with E-state index in [1.54, 1.807) is 0 Å². The molecule has 5 rings (SSSR count). The van der Waals surface area contributed by atoms with Crippen LogP contribution in [0.15, 0.2) is 52.9 Å². The molecular formula is C31H42IrNO3-. The van der Waals surface area contributed by atoms with Crippen molar-refractivity contribution in [3.05, 3.63) is 54.6 Å². The van der Waals surface area contributed by atoms with E-state index >= 15 is 0 Å². The van der Waals surface area contributed by atoms with E-state index in [0.29, 0.717) is 11.8 Å². The van der Waals surface area contributed by atoms with Gasteiger partial charge in [-0.15, -0.1) is 30.3 Å². The van der Waals surface area contributed by atoms with Gasteiger partial charge in [-0.25, -0.2) is 0 Å². The molecule has 5 heteroatoms. The van der Waals surface area contributed by atoms with E-state index in [4.69, 9.17) is 4.42 Å². The van der Waals surface area contributed by atoms with Crippen molar-refractivity contribution in [1.29, 1.82) is 0 Å². The molecule has 2 aliphatic rings. The van der Waals surface area contributed by atoms with Gasteiger partial charge in [0.15, 0.2) is 0 Å². The number of hydrogen-bond donors (Lipinski definition) is 2. The predicted molar refractivity (Wildman–Crippen MR) is 142 cm³/mol. The summed E-state index contributed by atoms with van der Waals surface area (Å²) in [4.78, 5) is 4.39. The predicted octanol–water partition coefficient (Wildman–Crippen LogP) is 7.43. The second-order valence-corrected chi connectivity index (χ2v) is 10.7. The Balaban J connectivity index is 0.000000202. The topological polar surface area (TPSA) is 66.5 Å². The number of hydrogen-bond acceptors (Lipinski definition) is 4. The average molecular weight is 669 g/mol. The largest absolute Gasteiger partial charge is 0.481 e. The summed E-state index contributed by atoms with van der Waals surface area (Å²) in [6.07, 6.45) is 8.17. The molecule has 0 saturated heterocycles. The molecular weight excluding hydrogens is 627 g/mol. The maximum Gasteiger partial charge on any atom is 0.141 e. The summed E-state index contributed by atoms with van der Waals surface area (Å²) in [5, 5.41) is 22.1. The van der Waals surface area contributed by atoms with Gasteiger partial charge in [-0.3, -0.25) is 4.98 Å². The Morgan fingerprint density at radius 1 is 0.917 bits per heavy atom. The van der Waals surface area contributed by atoms with Crippen molar-refractivity contribution in [2.45, 2.75) is 91.3 Å². The van der Waals surface area contributed by atoms with E-state index in [2.05, 4.69) is 38.7 Å². The van der Waals surface area contributed by atoms with Crippen molar-refractivity contribution in [2.75, 3.05) is 0 Å². The number of nitrogens with zero attached hydrogens (tertiary/aromatic N) is 1. The molecule has 1 heterocycles. The summed E-state index contributed by atoms with van der Waals surface area (Å²) < 4.78 is 5.61. The van der Waals surface area contributed by atoms with Gasteiger partial charge < -0.3 is 14.6 Å². The van der Waals surface area contributed by atoms with Crippen molar-refractivity contribution in [3.63, 3.8) is 0 Å². The molecule has 1 aromatic heterocycles. The van der Waals surface area contributed by atoms with Crippen LogP contribution >= 0.6 is 0 Å². The molecule has 36 heavy (non-hydrogen) atoms. The maximum atomic E-state index is 11.1. The number of fused-ring (bicyclic) bond motifs is 2. The quantitative estimate of drug-likeness (QED) is 0.278. The van der Waals surface area contributed by atoms with Crippen LogP contribution in [0.5, 0.6) is 0 Å². The minimum Gasteiger partial charge on any atom is -0.481 e. The first kappa shape index (κ1) is 29.0. The zero-order chi connectivity index (χ0) is 25.1. The van der Waals surface area contributed by atoms with Crippen molar-refractivity contribution >= 4 is 11.1 Å². The smallest absolute Gasteiger partial charge is 0.141 e. The standard InChI is InChI=1S/C18H34O2.C13H8NO.Ir/c1-5-17(6-2)11-9-10-13-12-18(7-3,8-4)16(20)14(13)15(17)19;1-2-6-10(7-3-1)13-14-11-8-4-5-9-12(11)15-13;/h13-16,19-20H,5-12H2,1-4H3;1-6,8-9H;/q;-1;. The van der Waals surface area contributed by atoms with Crippen LogP contribution in [0.4, 0.5) is 0 Å². The number of aliphatic hydroxyl groups excluding tert-OH is 2. The third kappa shape index (κ3) is 5.36. The molecule has 0 amide bonds. The van der Waals surface area contributed by atoms with Crippen LogP contribution in [-0.2, 0) is 20.1 Å². The molecule has 199 valence electrons. The molecule has 4 unspecified atom stereocenters. The number of rotatable bonds is 5. The molecule has 4 nitrogen and oxygen atoms in total. The van der Waals surface area contributed by atoms with Gasteiger partial charge >= 0.3 is 0 Å². The van der Waals surface area contributed by atoms with Gasteiger partial charge in [0.1, 0.15) is 11.5 Å². The summed E-state index contributed by atoms with van der Waals surface area (Å²) in [5.41, 5.74) is 2.67. The van der Waals surface area contributed by atoms with E-state index in [1.807, 2.05) is 48.5 Å². The van der Waals surface area contributed by atoms with Crippen molar-refractivity contribution < 1.29 is 34.7 Å². The molecule has 2 N–H and O–H groups in total. The molecule has 2 fully saturated rings. The molecule has 0 aliphatic heterocycles. The van der Waals surface area contributed by atoms with Crippen LogP contribution in [-0.4, -0.2) is 27.4 Å².